The lowest BCUT2D eigenvalue weighted by Gasteiger charge is -2.23. The number of nitrogens with zero attached hydrogens (tertiary/aromatic N) is 1. The van der Waals surface area contributed by atoms with Crippen LogP contribution in [0.4, 0.5) is 4.79 Å². The molecule has 0 aliphatic carbocycles. The number of ether oxygens (including phenoxy) is 4. The second kappa shape index (κ2) is 10.4. The van der Waals surface area contributed by atoms with Crippen LogP contribution in [0.15, 0.2) is 48.8 Å². The summed E-state index contributed by atoms with van der Waals surface area (Å²) in [6, 6.07) is 10.4. The first kappa shape index (κ1) is 24.8. The number of hydrogen-bond donors (Lipinski definition) is 1. The average Bonchev–Trinajstić information content (AvgIpc) is 2.81. The molecule has 1 N–H and O–H groups in total. The van der Waals surface area contributed by atoms with Gasteiger partial charge in [0, 0.05) is 24.2 Å². The fourth-order valence-electron chi connectivity index (χ4n) is 3.77. The highest BCUT2D eigenvalue weighted by atomic mass is 16.6. The predicted octanol–water partition coefficient (Wildman–Crippen LogP) is 4.53. The minimum absolute atomic E-state index is 0.192. The Kier molecular flexibility index (Phi) is 7.61. The Labute approximate surface area is 199 Å². The van der Waals surface area contributed by atoms with Gasteiger partial charge in [-0.1, -0.05) is 18.2 Å². The molecular formula is C26H30N2O6. The van der Waals surface area contributed by atoms with Crippen molar-refractivity contribution in [3.05, 3.63) is 54.4 Å². The molecule has 3 aromatic rings. The molecule has 0 spiro atoms. The summed E-state index contributed by atoms with van der Waals surface area (Å²) < 4.78 is 21.4. The van der Waals surface area contributed by atoms with Gasteiger partial charge in [0.05, 0.1) is 26.9 Å². The van der Waals surface area contributed by atoms with Gasteiger partial charge in [-0.05, 0) is 55.5 Å². The summed E-state index contributed by atoms with van der Waals surface area (Å²) in [7, 11) is 4.50. The largest absolute Gasteiger partial charge is 0.496 e. The summed E-state index contributed by atoms with van der Waals surface area (Å²) in [6.45, 7) is 5.26. The van der Waals surface area contributed by atoms with E-state index in [1.54, 1.807) is 47.4 Å². The lowest BCUT2D eigenvalue weighted by Crippen LogP contribution is -2.45. The maximum atomic E-state index is 12.5. The lowest BCUT2D eigenvalue weighted by atomic mass is 9.92. The SMILES string of the molecule is COC(=O)C(Cc1ccc(-c2c(OC)cccc2OC)c2ccncc12)NC(=O)OC(C)(C)C. The number of methoxy groups -OCH3 is 3. The number of carbonyl (C=O) groups is 2. The van der Waals surface area contributed by atoms with Gasteiger partial charge in [0.15, 0.2) is 0 Å². The zero-order chi connectivity index (χ0) is 24.9. The van der Waals surface area contributed by atoms with Crippen molar-refractivity contribution in [1.29, 1.82) is 0 Å². The van der Waals surface area contributed by atoms with Gasteiger partial charge in [-0.2, -0.15) is 0 Å². The molecule has 1 amide bonds. The highest BCUT2D eigenvalue weighted by Gasteiger charge is 2.26. The fraction of sp³-hybridized carbons (Fsp3) is 0.346. The van der Waals surface area contributed by atoms with E-state index >= 15 is 0 Å². The normalized spacial score (nSPS) is 12.1. The summed E-state index contributed by atoms with van der Waals surface area (Å²) >= 11 is 0. The molecule has 180 valence electrons. The van der Waals surface area contributed by atoms with E-state index in [0.29, 0.717) is 11.5 Å². The van der Waals surface area contributed by atoms with Gasteiger partial charge in [-0.15, -0.1) is 0 Å². The Morgan fingerprint density at radius 1 is 0.971 bits per heavy atom. The number of aromatic nitrogens is 1. The minimum Gasteiger partial charge on any atom is -0.496 e. The van der Waals surface area contributed by atoms with Crippen LogP contribution in [0.1, 0.15) is 26.3 Å². The van der Waals surface area contributed by atoms with Crippen molar-refractivity contribution < 1.29 is 28.5 Å². The van der Waals surface area contributed by atoms with Crippen LogP contribution in [-0.2, 0) is 20.7 Å². The Morgan fingerprint density at radius 2 is 1.65 bits per heavy atom. The van der Waals surface area contributed by atoms with Crippen LogP contribution in [0.3, 0.4) is 0 Å². The van der Waals surface area contributed by atoms with Crippen LogP contribution in [0.5, 0.6) is 11.5 Å². The molecule has 0 radical (unpaired) electrons. The van der Waals surface area contributed by atoms with Gasteiger partial charge in [-0.3, -0.25) is 4.98 Å². The number of alkyl carbamates (subject to hydrolysis) is 1. The third-order valence-electron chi connectivity index (χ3n) is 5.21. The van der Waals surface area contributed by atoms with Gasteiger partial charge in [-0.25, -0.2) is 9.59 Å². The second-order valence-corrected chi connectivity index (χ2v) is 8.66. The number of benzene rings is 2. The van der Waals surface area contributed by atoms with E-state index in [-0.39, 0.29) is 6.42 Å². The fourth-order valence-corrected chi connectivity index (χ4v) is 3.77. The molecule has 0 fully saturated rings. The molecular weight excluding hydrogens is 436 g/mol. The molecule has 1 heterocycles. The first-order valence-corrected chi connectivity index (χ1v) is 10.8. The van der Waals surface area contributed by atoms with Gasteiger partial charge < -0.3 is 24.3 Å². The standard InChI is InChI=1S/C26H30N2O6/c1-26(2,3)34-25(30)28-20(24(29)33-6)14-16-10-11-18(17-12-13-27-15-19(16)17)23-21(31-4)8-7-9-22(23)32-5/h7-13,15,20H,14H2,1-6H3,(H,28,30). The van der Waals surface area contributed by atoms with Crippen LogP contribution in [-0.4, -0.2) is 50.0 Å². The number of amides is 1. The number of esters is 1. The predicted molar refractivity (Wildman–Crippen MR) is 129 cm³/mol. The topological polar surface area (TPSA) is 96.0 Å². The molecule has 8 nitrogen and oxygen atoms in total. The van der Waals surface area contributed by atoms with Crippen molar-refractivity contribution in [2.24, 2.45) is 0 Å². The molecule has 1 atom stereocenters. The van der Waals surface area contributed by atoms with E-state index in [1.807, 2.05) is 36.4 Å². The van der Waals surface area contributed by atoms with Crippen LogP contribution in [0.25, 0.3) is 21.9 Å². The van der Waals surface area contributed by atoms with E-state index < -0.39 is 23.7 Å². The third kappa shape index (κ3) is 5.57. The third-order valence-corrected chi connectivity index (χ3v) is 5.21. The summed E-state index contributed by atoms with van der Waals surface area (Å²) in [4.78, 5) is 29.1. The average molecular weight is 467 g/mol. The molecule has 34 heavy (non-hydrogen) atoms. The minimum atomic E-state index is -0.935. The van der Waals surface area contributed by atoms with E-state index in [0.717, 1.165) is 27.5 Å². The Morgan fingerprint density at radius 3 is 2.24 bits per heavy atom. The van der Waals surface area contributed by atoms with E-state index in [4.69, 9.17) is 18.9 Å². The summed E-state index contributed by atoms with van der Waals surface area (Å²) in [5.41, 5.74) is 1.82. The molecule has 8 heteroatoms. The molecule has 0 saturated carbocycles. The summed E-state index contributed by atoms with van der Waals surface area (Å²) in [5, 5.41) is 4.35. The highest BCUT2D eigenvalue weighted by molar-refractivity contribution is 6.01. The van der Waals surface area contributed by atoms with Gasteiger partial charge in [0.25, 0.3) is 0 Å². The summed E-state index contributed by atoms with van der Waals surface area (Å²) in [6.07, 6.45) is 2.93. The lowest BCUT2D eigenvalue weighted by molar-refractivity contribution is -0.143. The Hall–Kier alpha value is -3.81. The smallest absolute Gasteiger partial charge is 0.408 e. The molecule has 0 bridgehead atoms. The van der Waals surface area contributed by atoms with Crippen LogP contribution < -0.4 is 14.8 Å². The molecule has 3 rings (SSSR count). The van der Waals surface area contributed by atoms with Gasteiger partial charge in [0.1, 0.15) is 23.1 Å². The van der Waals surface area contributed by atoms with E-state index in [1.165, 1.54) is 7.11 Å². The number of pyridine rings is 1. The molecule has 1 unspecified atom stereocenters. The van der Waals surface area contributed by atoms with Crippen molar-refractivity contribution in [2.75, 3.05) is 21.3 Å². The molecule has 0 aliphatic rings. The molecule has 2 aromatic carbocycles. The second-order valence-electron chi connectivity index (χ2n) is 8.66. The van der Waals surface area contributed by atoms with E-state index in [9.17, 15) is 9.59 Å². The first-order chi connectivity index (χ1) is 16.2. The number of fused-ring (bicyclic) bond motifs is 1. The number of nitrogens with one attached hydrogen (secondary N) is 1. The quantitative estimate of drug-likeness (QED) is 0.511. The number of hydrogen-bond acceptors (Lipinski definition) is 7. The van der Waals surface area contributed by atoms with Gasteiger partial charge >= 0.3 is 12.1 Å². The zero-order valence-electron chi connectivity index (χ0n) is 20.3. The van der Waals surface area contributed by atoms with Crippen LogP contribution in [0, 0.1) is 0 Å². The van der Waals surface area contributed by atoms with Crippen LogP contribution in [0.2, 0.25) is 0 Å². The maximum Gasteiger partial charge on any atom is 0.408 e. The Balaban J connectivity index is 2.06. The van der Waals surface area contributed by atoms with Crippen molar-refractivity contribution in [3.63, 3.8) is 0 Å². The van der Waals surface area contributed by atoms with E-state index in [2.05, 4.69) is 10.3 Å². The zero-order valence-corrected chi connectivity index (χ0v) is 20.3. The monoisotopic (exact) mass is 466 g/mol. The molecule has 0 aliphatic heterocycles. The van der Waals surface area contributed by atoms with Crippen molar-refractivity contribution >= 4 is 22.8 Å². The summed E-state index contributed by atoms with van der Waals surface area (Å²) in [5.74, 6) is 0.770. The first-order valence-electron chi connectivity index (χ1n) is 10.8. The van der Waals surface area contributed by atoms with Gasteiger partial charge in [0.2, 0.25) is 0 Å². The number of carbonyl (C=O) groups excluding carboxylic acids is 2. The Bertz CT molecular complexity index is 1160. The van der Waals surface area contributed by atoms with Crippen molar-refractivity contribution in [1.82, 2.24) is 10.3 Å². The highest BCUT2D eigenvalue weighted by Crippen LogP contribution is 2.42. The molecule has 0 saturated heterocycles. The molecule has 1 aromatic heterocycles. The van der Waals surface area contributed by atoms with Crippen molar-refractivity contribution in [2.45, 2.75) is 38.8 Å². The van der Waals surface area contributed by atoms with Crippen molar-refractivity contribution in [3.8, 4) is 22.6 Å². The van der Waals surface area contributed by atoms with Crippen LogP contribution >= 0.6 is 0 Å². The maximum absolute atomic E-state index is 12.5. The number of rotatable bonds is 7.